The Bertz CT molecular complexity index is 911. The summed E-state index contributed by atoms with van der Waals surface area (Å²) in [4.78, 5) is 0.360. The van der Waals surface area contributed by atoms with Crippen molar-refractivity contribution >= 4 is 27.0 Å². The zero-order valence-electron chi connectivity index (χ0n) is 14.8. The fourth-order valence-electron chi connectivity index (χ4n) is 3.49. The van der Waals surface area contributed by atoms with Crippen molar-refractivity contribution in [1.29, 1.82) is 0 Å². The normalized spacial score (nSPS) is 20.3. The Hall–Kier alpha value is -1.58. The van der Waals surface area contributed by atoms with Gasteiger partial charge in [-0.2, -0.15) is 0 Å². The number of halogens is 1. The van der Waals surface area contributed by atoms with E-state index in [-0.39, 0.29) is 5.41 Å². The van der Waals surface area contributed by atoms with Crippen molar-refractivity contribution in [3.05, 3.63) is 70.3 Å². The molecule has 0 aromatic heterocycles. The van der Waals surface area contributed by atoms with Crippen LogP contribution in [0.4, 0.5) is 0 Å². The number of rotatable bonds is 3. The van der Waals surface area contributed by atoms with E-state index in [1.807, 2.05) is 18.2 Å². The molecule has 0 radical (unpaired) electrons. The van der Waals surface area contributed by atoms with Gasteiger partial charge in [0, 0.05) is 17.7 Å². The topological polar surface area (TPSA) is 34.1 Å². The molecule has 2 aliphatic carbocycles. The molecule has 0 bridgehead atoms. The lowest BCUT2D eigenvalue weighted by Crippen LogP contribution is -2.05. The lowest BCUT2D eigenvalue weighted by atomic mass is 9.87. The minimum atomic E-state index is -3.17. The van der Waals surface area contributed by atoms with Gasteiger partial charge in [-0.25, -0.2) is 8.42 Å². The predicted molar refractivity (Wildman–Crippen MR) is 105 cm³/mol. The first-order valence-corrected chi connectivity index (χ1v) is 10.7. The molecule has 1 aromatic rings. The summed E-state index contributed by atoms with van der Waals surface area (Å²) < 4.78 is 23.4. The molecule has 0 atom stereocenters. The van der Waals surface area contributed by atoms with Gasteiger partial charge in [0.15, 0.2) is 9.84 Å². The van der Waals surface area contributed by atoms with Crippen LogP contribution in [0, 0.1) is 5.41 Å². The molecule has 132 valence electrons. The van der Waals surface area contributed by atoms with E-state index >= 15 is 0 Å². The Morgan fingerprint density at radius 1 is 1.00 bits per heavy atom. The summed E-state index contributed by atoms with van der Waals surface area (Å²) in [5.74, 6) is 0. The fraction of sp³-hybridized carbons (Fsp3) is 0.333. The average Bonchev–Trinajstić information content (AvgIpc) is 2.70. The van der Waals surface area contributed by atoms with E-state index < -0.39 is 9.84 Å². The third kappa shape index (κ3) is 4.16. The Balaban J connectivity index is 2.07. The molecule has 1 aromatic carbocycles. The van der Waals surface area contributed by atoms with E-state index in [0.717, 1.165) is 29.9 Å². The molecule has 0 N–H and O–H groups in total. The summed E-state index contributed by atoms with van der Waals surface area (Å²) in [6, 6.07) is 7.26. The van der Waals surface area contributed by atoms with Gasteiger partial charge in [0.2, 0.25) is 0 Å². The van der Waals surface area contributed by atoms with Crippen LogP contribution in [0.2, 0.25) is 0 Å². The van der Waals surface area contributed by atoms with E-state index in [0.29, 0.717) is 4.90 Å². The quantitative estimate of drug-likeness (QED) is 0.682. The molecule has 0 unspecified atom stereocenters. The van der Waals surface area contributed by atoms with Crippen LogP contribution < -0.4 is 0 Å². The Labute approximate surface area is 155 Å². The number of benzene rings is 1. The monoisotopic (exact) mass is 374 g/mol. The summed E-state index contributed by atoms with van der Waals surface area (Å²) in [5, 5.41) is 0.836. The van der Waals surface area contributed by atoms with Gasteiger partial charge in [-0.1, -0.05) is 55.8 Å². The van der Waals surface area contributed by atoms with Gasteiger partial charge in [0.05, 0.1) is 4.90 Å². The smallest absolute Gasteiger partial charge is 0.175 e. The minimum absolute atomic E-state index is 0.189. The zero-order valence-corrected chi connectivity index (χ0v) is 16.4. The molecule has 2 nitrogen and oxygen atoms in total. The number of allylic oxidation sites excluding steroid dienone is 8. The minimum Gasteiger partial charge on any atom is -0.224 e. The molecule has 0 saturated heterocycles. The summed E-state index contributed by atoms with van der Waals surface area (Å²) >= 11 is 6.15. The van der Waals surface area contributed by atoms with Gasteiger partial charge in [-0.3, -0.25) is 0 Å². The summed E-state index contributed by atoms with van der Waals surface area (Å²) in [6.45, 7) is 4.54. The Morgan fingerprint density at radius 3 is 2.28 bits per heavy atom. The van der Waals surface area contributed by atoms with E-state index in [1.165, 1.54) is 23.0 Å². The molecule has 0 heterocycles. The van der Waals surface area contributed by atoms with Gasteiger partial charge >= 0.3 is 0 Å². The van der Waals surface area contributed by atoms with E-state index in [4.69, 9.17) is 11.6 Å². The zero-order chi connectivity index (χ0) is 18.2. The summed E-state index contributed by atoms with van der Waals surface area (Å²) in [6.07, 6.45) is 12.3. The maximum Gasteiger partial charge on any atom is 0.175 e. The van der Waals surface area contributed by atoms with Gasteiger partial charge in [-0.15, -0.1) is 0 Å². The Kier molecular flexibility index (Phi) is 4.82. The lowest BCUT2D eigenvalue weighted by Gasteiger charge is -2.17. The Morgan fingerprint density at radius 2 is 1.64 bits per heavy atom. The van der Waals surface area contributed by atoms with Crippen LogP contribution in [0.1, 0.15) is 38.7 Å². The van der Waals surface area contributed by atoms with Gasteiger partial charge in [0.1, 0.15) is 0 Å². The van der Waals surface area contributed by atoms with Crippen molar-refractivity contribution in [2.75, 3.05) is 6.26 Å². The first kappa shape index (κ1) is 18.2. The van der Waals surface area contributed by atoms with Crippen LogP contribution in [0.25, 0.3) is 5.57 Å². The van der Waals surface area contributed by atoms with Crippen molar-refractivity contribution in [1.82, 2.24) is 0 Å². The summed E-state index contributed by atoms with van der Waals surface area (Å²) in [7, 11) is -3.17. The van der Waals surface area contributed by atoms with Crippen LogP contribution in [-0.2, 0) is 9.84 Å². The van der Waals surface area contributed by atoms with Crippen molar-refractivity contribution < 1.29 is 8.42 Å². The molecule has 25 heavy (non-hydrogen) atoms. The van der Waals surface area contributed by atoms with Crippen LogP contribution in [-0.4, -0.2) is 14.7 Å². The lowest BCUT2D eigenvalue weighted by molar-refractivity contribution is 0.398. The number of hydrogen-bond donors (Lipinski definition) is 0. The second-order valence-corrected chi connectivity index (χ2v) is 10.1. The van der Waals surface area contributed by atoms with E-state index in [9.17, 15) is 8.42 Å². The third-order valence-corrected chi connectivity index (χ3v) is 6.12. The predicted octanol–water partition coefficient (Wildman–Crippen LogP) is 5.67. The summed E-state index contributed by atoms with van der Waals surface area (Å²) in [5.41, 5.74) is 5.11. The maximum atomic E-state index is 11.7. The first-order chi connectivity index (χ1) is 11.7. The molecule has 0 fully saturated rings. The number of hydrogen-bond acceptors (Lipinski definition) is 2. The second-order valence-electron chi connectivity index (χ2n) is 7.61. The highest BCUT2D eigenvalue weighted by Crippen LogP contribution is 2.48. The van der Waals surface area contributed by atoms with E-state index in [2.05, 4.69) is 32.1 Å². The van der Waals surface area contributed by atoms with Crippen molar-refractivity contribution in [2.45, 2.75) is 38.0 Å². The van der Waals surface area contributed by atoms with E-state index in [1.54, 1.807) is 12.1 Å². The van der Waals surface area contributed by atoms with Crippen molar-refractivity contribution in [2.24, 2.45) is 5.41 Å². The molecular weight excluding hydrogens is 352 g/mol. The molecule has 0 spiro atoms. The average molecular weight is 375 g/mol. The first-order valence-electron chi connectivity index (χ1n) is 8.41. The number of sulfone groups is 1. The largest absolute Gasteiger partial charge is 0.224 e. The highest BCUT2D eigenvalue weighted by atomic mass is 35.5. The second kappa shape index (κ2) is 6.62. The molecular formula is C21H23ClO2S. The van der Waals surface area contributed by atoms with Crippen LogP contribution in [0.3, 0.4) is 0 Å². The van der Waals surface area contributed by atoms with Gasteiger partial charge < -0.3 is 0 Å². The molecule has 0 amide bonds. The third-order valence-electron chi connectivity index (χ3n) is 4.71. The molecule has 3 rings (SSSR count). The SMILES string of the molecule is CC1(C)CC(C2=CC=C(Cl)CC=C2)=C(c2ccc(S(C)(=O)=O)cc2)C1. The maximum absolute atomic E-state index is 11.7. The van der Waals surface area contributed by atoms with Crippen LogP contribution in [0.5, 0.6) is 0 Å². The van der Waals surface area contributed by atoms with Crippen LogP contribution in [0.15, 0.2) is 69.6 Å². The highest BCUT2D eigenvalue weighted by Gasteiger charge is 2.32. The molecule has 0 aliphatic heterocycles. The van der Waals surface area contributed by atoms with Crippen molar-refractivity contribution in [3.8, 4) is 0 Å². The van der Waals surface area contributed by atoms with Gasteiger partial charge in [0.25, 0.3) is 0 Å². The van der Waals surface area contributed by atoms with Crippen molar-refractivity contribution in [3.63, 3.8) is 0 Å². The highest BCUT2D eigenvalue weighted by molar-refractivity contribution is 7.90. The molecule has 0 saturated carbocycles. The fourth-order valence-corrected chi connectivity index (χ4v) is 4.27. The molecule has 2 aliphatic rings. The van der Waals surface area contributed by atoms with Crippen LogP contribution >= 0.6 is 11.6 Å². The standard InChI is InChI=1S/C21H23ClO2S/c1-21(2)13-19(15-5-4-6-17(22)10-7-15)20(14-21)16-8-11-18(12-9-16)25(3,23)24/h4-5,7-12H,6,13-14H2,1-3H3. The molecule has 4 heteroatoms. The van der Waals surface area contributed by atoms with Gasteiger partial charge in [-0.05, 0) is 58.7 Å².